The number of aromatic nitrogens is 2. The molecule has 5 nitrogen and oxygen atoms in total. The van der Waals surface area contributed by atoms with E-state index in [9.17, 15) is 0 Å². The van der Waals surface area contributed by atoms with Crippen LogP contribution in [0.1, 0.15) is 25.5 Å². The van der Waals surface area contributed by atoms with Crippen LogP contribution < -0.4 is 4.90 Å². The van der Waals surface area contributed by atoms with Gasteiger partial charge in [-0.25, -0.2) is 4.98 Å². The summed E-state index contributed by atoms with van der Waals surface area (Å²) in [6, 6.07) is 2.83. The van der Waals surface area contributed by atoms with Crippen molar-refractivity contribution in [1.82, 2.24) is 14.9 Å². The number of rotatable bonds is 2. The third kappa shape index (κ3) is 1.88. The monoisotopic (exact) mass is 272 g/mol. The fourth-order valence-corrected chi connectivity index (χ4v) is 3.48. The van der Waals surface area contributed by atoms with Crippen molar-refractivity contribution in [3.05, 3.63) is 18.2 Å². The second kappa shape index (κ2) is 4.74. The number of piperidine rings is 1. The quantitative estimate of drug-likeness (QED) is 0.837. The van der Waals surface area contributed by atoms with Crippen molar-refractivity contribution in [2.45, 2.75) is 32.2 Å². The van der Waals surface area contributed by atoms with Gasteiger partial charge >= 0.3 is 0 Å². The molecule has 5 rings (SSSR count). The first kappa shape index (κ1) is 12.1. The van der Waals surface area contributed by atoms with Gasteiger partial charge in [-0.2, -0.15) is 4.98 Å². The van der Waals surface area contributed by atoms with E-state index < -0.39 is 0 Å². The molecule has 3 fully saturated rings. The fraction of sp³-hybridized carbons (Fsp3) is 0.600. The summed E-state index contributed by atoms with van der Waals surface area (Å²) in [6.07, 6.45) is 4.94. The lowest BCUT2D eigenvalue weighted by atomic mass is 10.0. The Balaban J connectivity index is 1.81. The zero-order valence-corrected chi connectivity index (χ0v) is 11.9. The zero-order chi connectivity index (χ0) is 13.5. The largest absolute Gasteiger partial charge is 0.440 e. The Kier molecular flexibility index (Phi) is 2.88. The van der Waals surface area contributed by atoms with Crippen LogP contribution in [0.4, 0.5) is 5.69 Å². The Morgan fingerprint density at radius 2 is 2.10 bits per heavy atom. The summed E-state index contributed by atoms with van der Waals surface area (Å²) in [7, 11) is 0. The zero-order valence-electron chi connectivity index (χ0n) is 11.9. The first-order valence-corrected chi connectivity index (χ1v) is 7.57. The fourth-order valence-electron chi connectivity index (χ4n) is 3.48. The molecular formula is C15H20N4O. The molecular weight excluding hydrogens is 252 g/mol. The van der Waals surface area contributed by atoms with Gasteiger partial charge in [0, 0.05) is 37.9 Å². The molecule has 2 aromatic rings. The molecule has 3 aliphatic heterocycles. The van der Waals surface area contributed by atoms with Crippen LogP contribution in [0.2, 0.25) is 0 Å². The summed E-state index contributed by atoms with van der Waals surface area (Å²) in [6.45, 7) is 6.82. The highest BCUT2D eigenvalue weighted by atomic mass is 16.3. The van der Waals surface area contributed by atoms with Crippen LogP contribution in [0.25, 0.3) is 11.2 Å². The maximum absolute atomic E-state index is 5.62. The molecule has 0 atom stereocenters. The van der Waals surface area contributed by atoms with Crippen molar-refractivity contribution in [1.29, 1.82) is 0 Å². The molecule has 0 aliphatic carbocycles. The summed E-state index contributed by atoms with van der Waals surface area (Å²) in [4.78, 5) is 13.9. The van der Waals surface area contributed by atoms with Crippen LogP contribution in [0, 0.1) is 0 Å². The standard InChI is InChI=1S/C15H20N4O/c1-2-11-9-13(14-15(17-11)16-10-20-14)19-8-7-18-5-3-12(19)4-6-18/h9-10,12H,2-8H2,1H3. The minimum Gasteiger partial charge on any atom is -0.440 e. The molecule has 0 amide bonds. The minimum atomic E-state index is 0.633. The topological polar surface area (TPSA) is 45.4 Å². The summed E-state index contributed by atoms with van der Waals surface area (Å²) in [5.74, 6) is 0. The van der Waals surface area contributed by atoms with Gasteiger partial charge in [-0.15, -0.1) is 0 Å². The highest BCUT2D eigenvalue weighted by molar-refractivity contribution is 5.84. The maximum atomic E-state index is 5.62. The van der Waals surface area contributed by atoms with E-state index in [0.29, 0.717) is 6.04 Å². The average molecular weight is 272 g/mol. The molecule has 0 unspecified atom stereocenters. The molecule has 2 aromatic heterocycles. The third-order valence-electron chi connectivity index (χ3n) is 4.66. The Morgan fingerprint density at radius 3 is 2.90 bits per heavy atom. The first-order valence-electron chi connectivity index (χ1n) is 7.57. The second-order valence-corrected chi connectivity index (χ2v) is 5.76. The smallest absolute Gasteiger partial charge is 0.200 e. The molecule has 106 valence electrons. The number of aryl methyl sites for hydroxylation is 1. The molecule has 0 radical (unpaired) electrons. The summed E-state index contributed by atoms with van der Waals surface area (Å²) in [5.41, 5.74) is 3.89. The number of nitrogens with zero attached hydrogens (tertiary/aromatic N) is 4. The summed E-state index contributed by atoms with van der Waals surface area (Å²) >= 11 is 0. The molecule has 20 heavy (non-hydrogen) atoms. The maximum Gasteiger partial charge on any atom is 0.200 e. The summed E-state index contributed by atoms with van der Waals surface area (Å²) < 4.78 is 5.62. The van der Waals surface area contributed by atoms with Crippen molar-refractivity contribution < 1.29 is 4.42 Å². The SMILES string of the molecule is CCc1cc(N2CCN3CCC2CC3)c2ocnc2n1. The Labute approximate surface area is 118 Å². The number of anilines is 1. The first-order chi connectivity index (χ1) is 9.85. The van der Waals surface area contributed by atoms with Gasteiger partial charge in [0.15, 0.2) is 12.0 Å². The van der Waals surface area contributed by atoms with Crippen molar-refractivity contribution in [3.63, 3.8) is 0 Å². The lowest BCUT2D eigenvalue weighted by Crippen LogP contribution is -2.38. The predicted molar refractivity (Wildman–Crippen MR) is 78.0 cm³/mol. The van der Waals surface area contributed by atoms with Crippen LogP contribution in [0.5, 0.6) is 0 Å². The molecule has 0 N–H and O–H groups in total. The van der Waals surface area contributed by atoms with Crippen LogP contribution >= 0.6 is 0 Å². The Hall–Kier alpha value is -1.62. The van der Waals surface area contributed by atoms with E-state index in [4.69, 9.17) is 4.42 Å². The summed E-state index contributed by atoms with van der Waals surface area (Å²) in [5, 5.41) is 0. The third-order valence-corrected chi connectivity index (χ3v) is 4.66. The molecule has 0 saturated carbocycles. The van der Waals surface area contributed by atoms with Gasteiger partial charge in [0.2, 0.25) is 5.65 Å². The van der Waals surface area contributed by atoms with E-state index in [2.05, 4.69) is 32.8 Å². The van der Waals surface area contributed by atoms with E-state index >= 15 is 0 Å². The van der Waals surface area contributed by atoms with Gasteiger partial charge in [0.1, 0.15) is 0 Å². The van der Waals surface area contributed by atoms with Crippen molar-refractivity contribution in [2.75, 3.05) is 31.1 Å². The highest BCUT2D eigenvalue weighted by Gasteiger charge is 2.31. The second-order valence-electron chi connectivity index (χ2n) is 5.76. The van der Waals surface area contributed by atoms with Crippen molar-refractivity contribution in [3.8, 4) is 0 Å². The average Bonchev–Trinajstić information content (AvgIpc) is 2.77. The molecule has 5 heteroatoms. The molecule has 3 aliphatic rings. The van der Waals surface area contributed by atoms with Gasteiger partial charge in [0.05, 0.1) is 5.69 Å². The van der Waals surface area contributed by atoms with Crippen LogP contribution in [0.15, 0.2) is 16.9 Å². The highest BCUT2D eigenvalue weighted by Crippen LogP contribution is 2.32. The van der Waals surface area contributed by atoms with Crippen LogP contribution in [-0.2, 0) is 6.42 Å². The number of fused-ring (bicyclic) bond motifs is 5. The van der Waals surface area contributed by atoms with Crippen molar-refractivity contribution in [2.24, 2.45) is 0 Å². The lowest BCUT2D eigenvalue weighted by Gasteiger charge is -2.32. The van der Waals surface area contributed by atoms with E-state index in [-0.39, 0.29) is 0 Å². The van der Waals surface area contributed by atoms with Gasteiger partial charge in [0.25, 0.3) is 0 Å². The van der Waals surface area contributed by atoms with E-state index in [0.717, 1.165) is 36.4 Å². The lowest BCUT2D eigenvalue weighted by molar-refractivity contribution is 0.250. The van der Waals surface area contributed by atoms with Gasteiger partial charge in [-0.3, -0.25) is 0 Å². The van der Waals surface area contributed by atoms with Gasteiger partial charge < -0.3 is 14.2 Å². The van der Waals surface area contributed by atoms with Gasteiger partial charge in [-0.1, -0.05) is 6.92 Å². The molecule has 3 saturated heterocycles. The molecule has 0 aromatic carbocycles. The number of oxazole rings is 1. The Morgan fingerprint density at radius 1 is 1.25 bits per heavy atom. The minimum absolute atomic E-state index is 0.633. The van der Waals surface area contributed by atoms with E-state index in [1.54, 1.807) is 0 Å². The number of hydrogen-bond donors (Lipinski definition) is 0. The van der Waals surface area contributed by atoms with E-state index in [1.165, 1.54) is 38.0 Å². The predicted octanol–water partition coefficient (Wildman–Crippen LogP) is 2.07. The molecule has 2 bridgehead atoms. The normalized spacial score (nSPS) is 26.1. The number of hydrogen-bond acceptors (Lipinski definition) is 5. The van der Waals surface area contributed by atoms with Crippen LogP contribution in [0.3, 0.4) is 0 Å². The Bertz CT molecular complexity index is 615. The molecule has 0 spiro atoms. The van der Waals surface area contributed by atoms with Gasteiger partial charge in [-0.05, 0) is 25.3 Å². The number of pyridine rings is 1. The van der Waals surface area contributed by atoms with E-state index in [1.807, 2.05) is 0 Å². The van der Waals surface area contributed by atoms with Crippen molar-refractivity contribution >= 4 is 16.9 Å². The molecule has 5 heterocycles. The van der Waals surface area contributed by atoms with Crippen LogP contribution in [-0.4, -0.2) is 47.1 Å².